The van der Waals surface area contributed by atoms with Gasteiger partial charge in [-0.2, -0.15) is 5.10 Å². The van der Waals surface area contributed by atoms with E-state index in [1.54, 1.807) is 17.3 Å². The molecule has 0 radical (unpaired) electrons. The van der Waals surface area contributed by atoms with E-state index in [1.807, 2.05) is 12.1 Å². The molecule has 0 saturated heterocycles. The first-order valence-electron chi connectivity index (χ1n) is 10.9. The molecule has 0 bridgehead atoms. The molecule has 3 aromatic carbocycles. The van der Waals surface area contributed by atoms with Crippen molar-refractivity contribution in [2.45, 2.75) is 33.6 Å². The minimum Gasteiger partial charge on any atom is -0.493 e. The fourth-order valence-corrected chi connectivity index (χ4v) is 3.96. The average molecular weight is 412 g/mol. The Morgan fingerprint density at radius 3 is 2.48 bits per heavy atom. The van der Waals surface area contributed by atoms with Gasteiger partial charge in [0.05, 0.1) is 12.3 Å². The van der Waals surface area contributed by atoms with E-state index in [2.05, 4.69) is 85.5 Å². The average Bonchev–Trinajstić information content (AvgIpc) is 3.28. The number of benzene rings is 3. The van der Waals surface area contributed by atoms with Crippen LogP contribution in [0.2, 0.25) is 0 Å². The summed E-state index contributed by atoms with van der Waals surface area (Å²) >= 11 is 0. The van der Waals surface area contributed by atoms with Gasteiger partial charge in [0.25, 0.3) is 0 Å². The highest BCUT2D eigenvalue weighted by atomic mass is 16.5. The zero-order valence-electron chi connectivity index (χ0n) is 18.5. The van der Waals surface area contributed by atoms with Crippen LogP contribution in [0.15, 0.2) is 79.4 Å². The SMILES string of the molecule is Cc1cc(OCCc2ccccc2-n2cncn2)cc(-c2ccccc2CC(C)C)c1. The Kier molecular flexibility index (Phi) is 6.46. The summed E-state index contributed by atoms with van der Waals surface area (Å²) in [4.78, 5) is 4.06. The molecule has 1 heterocycles. The molecule has 0 unspecified atom stereocenters. The topological polar surface area (TPSA) is 39.9 Å². The van der Waals surface area contributed by atoms with E-state index in [1.165, 1.54) is 27.8 Å². The summed E-state index contributed by atoms with van der Waals surface area (Å²) in [7, 11) is 0. The van der Waals surface area contributed by atoms with Gasteiger partial charge in [-0.3, -0.25) is 0 Å². The predicted molar refractivity (Wildman–Crippen MR) is 126 cm³/mol. The molecule has 0 fully saturated rings. The van der Waals surface area contributed by atoms with E-state index < -0.39 is 0 Å². The van der Waals surface area contributed by atoms with Gasteiger partial charge in [-0.1, -0.05) is 62.4 Å². The number of aromatic nitrogens is 3. The van der Waals surface area contributed by atoms with Crippen LogP contribution in [0.4, 0.5) is 0 Å². The van der Waals surface area contributed by atoms with E-state index in [9.17, 15) is 0 Å². The Morgan fingerprint density at radius 1 is 0.935 bits per heavy atom. The van der Waals surface area contributed by atoms with E-state index in [0.29, 0.717) is 12.5 Å². The van der Waals surface area contributed by atoms with E-state index in [0.717, 1.165) is 24.3 Å². The third-order valence-corrected chi connectivity index (χ3v) is 5.30. The lowest BCUT2D eigenvalue weighted by Crippen LogP contribution is -2.06. The number of hydrogen-bond donors (Lipinski definition) is 0. The van der Waals surface area contributed by atoms with Crippen LogP contribution in [-0.4, -0.2) is 21.4 Å². The number of hydrogen-bond acceptors (Lipinski definition) is 3. The van der Waals surface area contributed by atoms with E-state index in [-0.39, 0.29) is 0 Å². The molecule has 0 spiro atoms. The summed E-state index contributed by atoms with van der Waals surface area (Å²) < 4.78 is 8.00. The van der Waals surface area contributed by atoms with Crippen LogP contribution in [0, 0.1) is 12.8 Å². The molecule has 0 atom stereocenters. The highest BCUT2D eigenvalue weighted by Crippen LogP contribution is 2.30. The maximum absolute atomic E-state index is 6.20. The third-order valence-electron chi connectivity index (χ3n) is 5.30. The smallest absolute Gasteiger partial charge is 0.138 e. The van der Waals surface area contributed by atoms with Crippen LogP contribution in [-0.2, 0) is 12.8 Å². The maximum Gasteiger partial charge on any atom is 0.138 e. The van der Waals surface area contributed by atoms with Gasteiger partial charge in [-0.05, 0) is 65.3 Å². The van der Waals surface area contributed by atoms with Crippen LogP contribution in [0.25, 0.3) is 16.8 Å². The lowest BCUT2D eigenvalue weighted by molar-refractivity contribution is 0.321. The molecule has 4 heteroatoms. The van der Waals surface area contributed by atoms with Gasteiger partial charge in [0, 0.05) is 6.42 Å². The number of ether oxygens (including phenoxy) is 1. The summed E-state index contributed by atoms with van der Waals surface area (Å²) in [5, 5.41) is 4.26. The molecule has 4 aromatic rings. The first-order chi connectivity index (χ1) is 15.1. The Morgan fingerprint density at radius 2 is 1.71 bits per heavy atom. The molecule has 0 amide bonds. The van der Waals surface area contributed by atoms with Gasteiger partial charge in [0.2, 0.25) is 0 Å². The molecule has 0 aliphatic heterocycles. The van der Waals surface area contributed by atoms with Crippen molar-refractivity contribution in [3.8, 4) is 22.6 Å². The molecule has 4 rings (SSSR count). The van der Waals surface area contributed by atoms with E-state index in [4.69, 9.17) is 4.74 Å². The first-order valence-corrected chi connectivity index (χ1v) is 10.9. The number of nitrogens with zero attached hydrogens (tertiary/aromatic N) is 3. The standard InChI is InChI=1S/C27H29N3O/c1-20(2)14-23-9-4-6-10-26(23)24-15-21(3)16-25(17-24)31-13-12-22-8-5-7-11-27(22)30-19-28-18-29-30/h4-11,15-20H,12-14H2,1-3H3. The first kappa shape index (κ1) is 20.9. The van der Waals surface area contributed by atoms with Crippen LogP contribution in [0.3, 0.4) is 0 Å². The molecule has 4 nitrogen and oxygen atoms in total. The maximum atomic E-state index is 6.20. The van der Waals surface area contributed by atoms with Crippen molar-refractivity contribution in [1.29, 1.82) is 0 Å². The van der Waals surface area contributed by atoms with Gasteiger partial charge in [-0.15, -0.1) is 0 Å². The Bertz CT molecular complexity index is 1130. The molecular formula is C27H29N3O. The zero-order valence-corrected chi connectivity index (χ0v) is 18.5. The molecule has 0 aliphatic rings. The monoisotopic (exact) mass is 411 g/mol. The predicted octanol–water partition coefficient (Wildman–Crippen LogP) is 6.06. The lowest BCUT2D eigenvalue weighted by Gasteiger charge is -2.15. The summed E-state index contributed by atoms with van der Waals surface area (Å²) in [5.74, 6) is 1.53. The molecule has 1 aromatic heterocycles. The summed E-state index contributed by atoms with van der Waals surface area (Å²) in [6.07, 6.45) is 5.14. The highest BCUT2D eigenvalue weighted by Gasteiger charge is 2.10. The second-order valence-electron chi connectivity index (χ2n) is 8.36. The van der Waals surface area contributed by atoms with Crippen LogP contribution in [0.5, 0.6) is 5.75 Å². The minimum absolute atomic E-state index is 0.599. The van der Waals surface area contributed by atoms with Gasteiger partial charge >= 0.3 is 0 Å². The Labute approximate surface area is 184 Å². The van der Waals surface area contributed by atoms with Crippen molar-refractivity contribution in [3.63, 3.8) is 0 Å². The van der Waals surface area contributed by atoms with Crippen molar-refractivity contribution in [2.75, 3.05) is 6.61 Å². The zero-order chi connectivity index (χ0) is 21.6. The molecule has 31 heavy (non-hydrogen) atoms. The minimum atomic E-state index is 0.599. The fraction of sp³-hybridized carbons (Fsp3) is 0.259. The highest BCUT2D eigenvalue weighted by molar-refractivity contribution is 5.69. The number of rotatable bonds is 8. The molecule has 0 saturated carbocycles. The second-order valence-corrected chi connectivity index (χ2v) is 8.36. The summed E-state index contributed by atoms with van der Waals surface area (Å²) in [5.41, 5.74) is 7.32. The number of para-hydroxylation sites is 1. The van der Waals surface area contributed by atoms with Crippen molar-refractivity contribution in [3.05, 3.63) is 96.1 Å². The largest absolute Gasteiger partial charge is 0.493 e. The molecule has 158 valence electrons. The van der Waals surface area contributed by atoms with Crippen molar-refractivity contribution in [1.82, 2.24) is 14.8 Å². The summed E-state index contributed by atoms with van der Waals surface area (Å²) in [6.45, 7) is 7.25. The van der Waals surface area contributed by atoms with Gasteiger partial charge in [0.1, 0.15) is 18.4 Å². The molecule has 0 N–H and O–H groups in total. The van der Waals surface area contributed by atoms with Crippen molar-refractivity contribution in [2.24, 2.45) is 5.92 Å². The van der Waals surface area contributed by atoms with Crippen LogP contribution >= 0.6 is 0 Å². The quantitative estimate of drug-likeness (QED) is 0.354. The Hall–Kier alpha value is -3.40. The molecule has 0 aliphatic carbocycles. The summed E-state index contributed by atoms with van der Waals surface area (Å²) in [6, 6.07) is 23.4. The van der Waals surface area contributed by atoms with Crippen LogP contribution < -0.4 is 4.74 Å². The van der Waals surface area contributed by atoms with Crippen molar-refractivity contribution >= 4 is 0 Å². The van der Waals surface area contributed by atoms with Crippen LogP contribution in [0.1, 0.15) is 30.5 Å². The third kappa shape index (κ3) is 5.21. The molecular weight excluding hydrogens is 382 g/mol. The van der Waals surface area contributed by atoms with Gasteiger partial charge in [-0.25, -0.2) is 9.67 Å². The van der Waals surface area contributed by atoms with Gasteiger partial charge in [0.15, 0.2) is 0 Å². The number of aryl methyl sites for hydroxylation is 1. The van der Waals surface area contributed by atoms with Crippen molar-refractivity contribution < 1.29 is 4.74 Å². The fourth-order valence-electron chi connectivity index (χ4n) is 3.96. The second kappa shape index (κ2) is 9.61. The normalized spacial score (nSPS) is 11.1. The van der Waals surface area contributed by atoms with E-state index >= 15 is 0 Å². The Balaban J connectivity index is 1.51. The lowest BCUT2D eigenvalue weighted by atomic mass is 9.93. The van der Waals surface area contributed by atoms with Gasteiger partial charge < -0.3 is 4.74 Å².